The molecule has 0 radical (unpaired) electrons. The number of aromatic nitrogens is 3. The van der Waals surface area contributed by atoms with Crippen molar-refractivity contribution in [2.24, 2.45) is 5.41 Å². The summed E-state index contributed by atoms with van der Waals surface area (Å²) >= 11 is 8.20. The fourth-order valence-corrected chi connectivity index (χ4v) is 12.5. The van der Waals surface area contributed by atoms with Crippen LogP contribution in [-0.4, -0.2) is 110 Å². The first-order valence-electron chi connectivity index (χ1n) is 25.0. The van der Waals surface area contributed by atoms with Crippen LogP contribution in [0.3, 0.4) is 0 Å². The van der Waals surface area contributed by atoms with E-state index < -0.39 is 41.1 Å². The molecule has 10 rings (SSSR count). The molecular formula is C54H63ClFN7O6S. The van der Waals surface area contributed by atoms with Gasteiger partial charge in [0.05, 0.1) is 55.3 Å². The third kappa shape index (κ3) is 9.21. The minimum atomic E-state index is -1.97. The Bertz CT molecular complexity index is 2860. The summed E-state index contributed by atoms with van der Waals surface area (Å²) in [5.74, 6) is -0.526. The summed E-state index contributed by atoms with van der Waals surface area (Å²) in [6.45, 7) is 11.4. The Labute approximate surface area is 417 Å². The summed E-state index contributed by atoms with van der Waals surface area (Å²) in [4.78, 5) is 69.0. The van der Waals surface area contributed by atoms with Crippen molar-refractivity contribution in [3.63, 3.8) is 0 Å². The maximum atomic E-state index is 14.8. The number of halogens is 2. The van der Waals surface area contributed by atoms with E-state index in [2.05, 4.69) is 55.4 Å². The van der Waals surface area contributed by atoms with E-state index in [1.54, 1.807) is 38.2 Å². The summed E-state index contributed by atoms with van der Waals surface area (Å²) in [5.41, 5.74) is 5.71. The quantitative estimate of drug-likeness (QED) is 0.0993. The van der Waals surface area contributed by atoms with Crippen LogP contribution in [0.2, 0.25) is 5.02 Å². The van der Waals surface area contributed by atoms with E-state index in [4.69, 9.17) is 21.3 Å². The number of amides is 3. The van der Waals surface area contributed by atoms with Crippen molar-refractivity contribution in [1.82, 2.24) is 35.0 Å². The first-order chi connectivity index (χ1) is 33.5. The van der Waals surface area contributed by atoms with Crippen LogP contribution in [-0.2, 0) is 24.5 Å². The van der Waals surface area contributed by atoms with E-state index in [0.717, 1.165) is 96.9 Å². The average molecular weight is 993 g/mol. The number of carbonyl (C=O) groups excluding carboxylic acids is 3. The SMILES string of the molecule is Cc1ncsc1-c1ccc([C@H](CCCCN2CCC(c3ccc4c(c3)-n3c(nc(=O)c5c(Cl)cccc53)C43CCOCC3)CC2)NC(=O)[C@@H]2C[C@@H](O)CN2C(=O)[C@@H](NC(=O)C2(F)CC2)C(C)(C)C)cc1. The summed E-state index contributed by atoms with van der Waals surface area (Å²) in [5, 5.41) is 17.7. The smallest absolute Gasteiger partial charge is 0.282 e. The fourth-order valence-electron chi connectivity index (χ4n) is 11.4. The molecular weight excluding hydrogens is 929 g/mol. The van der Waals surface area contributed by atoms with Crippen LogP contribution >= 0.6 is 22.9 Å². The zero-order chi connectivity index (χ0) is 49.1. The van der Waals surface area contributed by atoms with Gasteiger partial charge in [0, 0.05) is 26.2 Å². The summed E-state index contributed by atoms with van der Waals surface area (Å²) in [7, 11) is 0. The van der Waals surface area contributed by atoms with E-state index >= 15 is 0 Å². The Morgan fingerprint density at radius 3 is 2.43 bits per heavy atom. The molecule has 3 amide bonds. The number of nitrogens with one attached hydrogen (secondary N) is 2. The molecule has 0 unspecified atom stereocenters. The number of unbranched alkanes of at least 4 members (excludes halogenated alkanes) is 1. The largest absolute Gasteiger partial charge is 0.391 e. The topological polar surface area (TPSA) is 159 Å². The molecule has 370 valence electrons. The van der Waals surface area contributed by atoms with Crippen LogP contribution in [0, 0.1) is 12.3 Å². The van der Waals surface area contributed by atoms with Gasteiger partial charge in [0.25, 0.3) is 11.5 Å². The molecule has 3 saturated heterocycles. The minimum absolute atomic E-state index is 0.0563. The molecule has 5 aromatic rings. The Morgan fingerprint density at radius 2 is 1.74 bits per heavy atom. The predicted octanol–water partition coefficient (Wildman–Crippen LogP) is 8.08. The van der Waals surface area contributed by atoms with E-state index in [-0.39, 0.29) is 48.7 Å². The van der Waals surface area contributed by atoms with E-state index in [1.807, 2.05) is 36.7 Å². The molecule has 3 aromatic carbocycles. The monoisotopic (exact) mass is 991 g/mol. The molecule has 1 spiro atoms. The highest BCUT2D eigenvalue weighted by molar-refractivity contribution is 7.13. The number of aryl methyl sites for hydroxylation is 1. The molecule has 13 nitrogen and oxygen atoms in total. The second-order valence-electron chi connectivity index (χ2n) is 21.4. The number of β-amino-alcohol motifs (C(OH)–C–C–N with tert-alkyl or cyclic N) is 1. The van der Waals surface area contributed by atoms with Gasteiger partial charge in [-0.2, -0.15) is 4.98 Å². The Balaban J connectivity index is 0.808. The van der Waals surface area contributed by atoms with Gasteiger partial charge < -0.3 is 30.3 Å². The zero-order valence-electron chi connectivity index (χ0n) is 40.4. The van der Waals surface area contributed by atoms with Gasteiger partial charge in [-0.05, 0) is 136 Å². The number of likely N-dealkylation sites (tertiary alicyclic amines) is 2. The van der Waals surface area contributed by atoms with E-state index in [1.165, 1.54) is 16.0 Å². The third-order valence-corrected chi connectivity index (χ3v) is 17.0. The lowest BCUT2D eigenvalue weighted by Crippen LogP contribution is -2.59. The summed E-state index contributed by atoms with van der Waals surface area (Å²) < 4.78 is 22.8. The van der Waals surface area contributed by atoms with Crippen LogP contribution in [0.1, 0.15) is 125 Å². The molecule has 4 aliphatic heterocycles. The molecule has 4 atom stereocenters. The molecule has 0 bridgehead atoms. The van der Waals surface area contributed by atoms with E-state index in [9.17, 15) is 28.7 Å². The number of hydrogen-bond acceptors (Lipinski definition) is 10. The highest BCUT2D eigenvalue weighted by atomic mass is 35.5. The Kier molecular flexibility index (Phi) is 13.3. The number of fused-ring (bicyclic) bond motifs is 7. The first kappa shape index (κ1) is 48.6. The van der Waals surface area contributed by atoms with Crippen molar-refractivity contribution in [1.29, 1.82) is 0 Å². The van der Waals surface area contributed by atoms with Gasteiger partial charge in [-0.3, -0.25) is 23.7 Å². The highest BCUT2D eigenvalue weighted by Gasteiger charge is 2.54. The Hall–Kier alpha value is -5.06. The van der Waals surface area contributed by atoms with Gasteiger partial charge in [0.1, 0.15) is 17.9 Å². The van der Waals surface area contributed by atoms with Crippen molar-refractivity contribution >= 4 is 51.6 Å². The Morgan fingerprint density at radius 1 is 1.00 bits per heavy atom. The number of nitrogens with zero attached hydrogens (tertiary/aromatic N) is 5. The van der Waals surface area contributed by atoms with Crippen molar-refractivity contribution in [2.75, 3.05) is 39.4 Å². The number of thiazole rings is 1. The molecule has 6 heterocycles. The molecule has 70 heavy (non-hydrogen) atoms. The van der Waals surface area contributed by atoms with Gasteiger partial charge in [-0.25, -0.2) is 9.37 Å². The van der Waals surface area contributed by atoms with E-state index in [0.29, 0.717) is 36.0 Å². The van der Waals surface area contributed by atoms with Crippen molar-refractivity contribution in [3.8, 4) is 16.1 Å². The van der Waals surface area contributed by atoms with Crippen LogP contribution in [0.25, 0.3) is 27.0 Å². The molecule has 1 aliphatic carbocycles. The van der Waals surface area contributed by atoms with Crippen LogP contribution in [0.4, 0.5) is 4.39 Å². The van der Waals surface area contributed by atoms with Gasteiger partial charge >= 0.3 is 0 Å². The number of aliphatic hydroxyl groups excluding tert-OH is 1. The molecule has 3 N–H and O–H groups in total. The zero-order valence-corrected chi connectivity index (χ0v) is 42.0. The van der Waals surface area contributed by atoms with Crippen molar-refractivity contribution in [2.45, 2.75) is 133 Å². The fraction of sp³-hybridized carbons (Fsp3) is 0.519. The predicted molar refractivity (Wildman–Crippen MR) is 269 cm³/mol. The highest BCUT2D eigenvalue weighted by Crippen LogP contribution is 2.50. The van der Waals surface area contributed by atoms with Crippen LogP contribution in [0.5, 0.6) is 0 Å². The molecule has 1 saturated carbocycles. The van der Waals surface area contributed by atoms with Gasteiger partial charge in [-0.15, -0.1) is 11.3 Å². The van der Waals surface area contributed by atoms with Crippen LogP contribution < -0.4 is 16.2 Å². The molecule has 5 aliphatic rings. The maximum absolute atomic E-state index is 14.8. The maximum Gasteiger partial charge on any atom is 0.282 e. The molecule has 16 heteroatoms. The number of rotatable bonds is 13. The minimum Gasteiger partial charge on any atom is -0.391 e. The summed E-state index contributed by atoms with van der Waals surface area (Å²) in [6, 6.07) is 18.3. The van der Waals surface area contributed by atoms with Crippen molar-refractivity contribution < 1.29 is 28.6 Å². The normalized spacial score (nSPS) is 21.6. The van der Waals surface area contributed by atoms with Gasteiger partial charge in [0.2, 0.25) is 11.8 Å². The number of carbonyl (C=O) groups is 3. The molecule has 4 fully saturated rings. The lowest BCUT2D eigenvalue weighted by molar-refractivity contribution is -0.145. The number of benzene rings is 3. The van der Waals surface area contributed by atoms with Crippen molar-refractivity contribution in [3.05, 3.63) is 110 Å². The summed E-state index contributed by atoms with van der Waals surface area (Å²) in [6.07, 6.45) is 5.34. The third-order valence-electron chi connectivity index (χ3n) is 15.7. The van der Waals surface area contributed by atoms with Gasteiger partial charge in [0.15, 0.2) is 5.67 Å². The second kappa shape index (κ2) is 19.2. The number of aliphatic hydroxyl groups is 1. The first-order valence-corrected chi connectivity index (χ1v) is 26.3. The lowest BCUT2D eigenvalue weighted by atomic mass is 9.74. The van der Waals surface area contributed by atoms with Gasteiger partial charge in [-0.1, -0.05) is 74.8 Å². The molecule has 2 aromatic heterocycles. The second-order valence-corrected chi connectivity index (χ2v) is 22.6. The van der Waals surface area contributed by atoms with Crippen LogP contribution in [0.15, 0.2) is 71.0 Å². The number of alkyl halides is 1. The average Bonchev–Trinajstić information content (AvgIpc) is 3.63. The number of ether oxygens (including phenoxy) is 1. The number of hydrogen-bond donors (Lipinski definition) is 3. The standard InChI is InChI=1S/C54H63ClFN7O6S/c1-32-45(70-31-57-32)35-13-11-34(12-14-35)40(58-47(65)43-29-37(64)30-62(43)49(67)46(52(2,3)4)59-51(68)54(56)19-20-54)9-5-6-23-61-24-17-33(18-25-61)36-15-16-38-42(28-36)63-41-10-7-8-39(55)44(41)48(66)60-50(63)53(38)21-26-69-27-22-53/h7-8,10-16,28,31,33,37,40,43,46,64H,5-6,9,17-27,29-30H2,1-4H3,(H,58,65)(H,59,68)/t37-,40+,43+,46-/m1/s1. The lowest BCUT2D eigenvalue weighted by Gasteiger charge is -2.36. The number of piperidine rings is 1.